The van der Waals surface area contributed by atoms with Gasteiger partial charge in [-0.3, -0.25) is 0 Å². The summed E-state index contributed by atoms with van der Waals surface area (Å²) in [6, 6.07) is 0. The van der Waals surface area contributed by atoms with Crippen LogP contribution in [0.3, 0.4) is 0 Å². The zero-order valence-electron chi connectivity index (χ0n) is 8.70. The molecule has 1 aliphatic rings. The third-order valence-electron chi connectivity index (χ3n) is 3.24. The molecule has 2 atom stereocenters. The molecule has 0 aliphatic heterocycles. The molecule has 0 spiro atoms. The normalized spacial score (nSPS) is 27.0. The predicted octanol–water partition coefficient (Wildman–Crippen LogP) is 2.90. The van der Waals surface area contributed by atoms with Gasteiger partial charge in [0.2, 0.25) is 0 Å². The fraction of sp³-hybridized carbons (Fsp3) is 0.727. The molecule has 1 heterocycles. The number of nitrogens with zero attached hydrogens (tertiary/aromatic N) is 1. The summed E-state index contributed by atoms with van der Waals surface area (Å²) in [4.78, 5) is 5.70. The molecule has 0 amide bonds. The summed E-state index contributed by atoms with van der Waals surface area (Å²) >= 11 is 1.81. The van der Waals surface area contributed by atoms with Crippen molar-refractivity contribution in [2.45, 2.75) is 45.1 Å². The molecule has 1 aromatic rings. The van der Waals surface area contributed by atoms with E-state index in [4.69, 9.17) is 5.73 Å². The van der Waals surface area contributed by atoms with E-state index in [1.54, 1.807) is 11.3 Å². The van der Waals surface area contributed by atoms with Crippen molar-refractivity contribution in [3.63, 3.8) is 0 Å². The molecule has 0 bridgehead atoms. The van der Waals surface area contributed by atoms with Crippen LogP contribution in [-0.2, 0) is 6.54 Å². The summed E-state index contributed by atoms with van der Waals surface area (Å²) in [6.07, 6.45) is 7.33. The van der Waals surface area contributed by atoms with Crippen LogP contribution in [0.4, 0.5) is 0 Å². The van der Waals surface area contributed by atoms with Crippen molar-refractivity contribution in [2.24, 2.45) is 11.7 Å². The zero-order chi connectivity index (χ0) is 9.97. The summed E-state index contributed by atoms with van der Waals surface area (Å²) in [5.41, 5.74) is 5.59. The molecule has 2 N–H and O–H groups in total. The average molecular weight is 210 g/mol. The standard InChI is InChI=1S/C11H18N2S/c1-2-8-3-4-9(5-8)11-13-7-10(6-12)14-11/h7-9H,2-6,12H2,1H3. The van der Waals surface area contributed by atoms with Gasteiger partial charge in [-0.15, -0.1) is 11.3 Å². The van der Waals surface area contributed by atoms with Gasteiger partial charge >= 0.3 is 0 Å². The van der Waals surface area contributed by atoms with E-state index >= 15 is 0 Å². The lowest BCUT2D eigenvalue weighted by molar-refractivity contribution is 0.521. The Hall–Kier alpha value is -0.410. The van der Waals surface area contributed by atoms with Crippen LogP contribution in [0.25, 0.3) is 0 Å². The van der Waals surface area contributed by atoms with Crippen LogP contribution in [-0.4, -0.2) is 4.98 Å². The minimum absolute atomic E-state index is 0.640. The van der Waals surface area contributed by atoms with Gasteiger partial charge in [0.15, 0.2) is 0 Å². The highest BCUT2D eigenvalue weighted by molar-refractivity contribution is 7.11. The summed E-state index contributed by atoms with van der Waals surface area (Å²) in [6.45, 7) is 2.93. The maximum Gasteiger partial charge on any atom is 0.0959 e. The topological polar surface area (TPSA) is 38.9 Å². The third kappa shape index (κ3) is 1.98. The van der Waals surface area contributed by atoms with Gasteiger partial charge in [-0.05, 0) is 25.2 Å². The van der Waals surface area contributed by atoms with Gasteiger partial charge in [-0.25, -0.2) is 4.98 Å². The van der Waals surface area contributed by atoms with Crippen LogP contribution in [0.2, 0.25) is 0 Å². The number of nitrogens with two attached hydrogens (primary N) is 1. The molecule has 1 saturated carbocycles. The van der Waals surface area contributed by atoms with E-state index in [2.05, 4.69) is 11.9 Å². The van der Waals surface area contributed by atoms with Crippen molar-refractivity contribution in [2.75, 3.05) is 0 Å². The fourth-order valence-corrected chi connectivity index (χ4v) is 3.22. The molecule has 0 saturated heterocycles. The second kappa shape index (κ2) is 4.41. The molecule has 3 heteroatoms. The lowest BCUT2D eigenvalue weighted by Crippen LogP contribution is -1.93. The van der Waals surface area contributed by atoms with Crippen LogP contribution < -0.4 is 5.73 Å². The lowest BCUT2D eigenvalue weighted by atomic mass is 10.0. The van der Waals surface area contributed by atoms with Crippen molar-refractivity contribution < 1.29 is 0 Å². The molecule has 2 unspecified atom stereocenters. The number of aromatic nitrogens is 1. The van der Waals surface area contributed by atoms with Gasteiger partial charge in [0, 0.05) is 23.5 Å². The van der Waals surface area contributed by atoms with Gasteiger partial charge in [0.25, 0.3) is 0 Å². The molecule has 1 aliphatic carbocycles. The monoisotopic (exact) mass is 210 g/mol. The molecule has 14 heavy (non-hydrogen) atoms. The smallest absolute Gasteiger partial charge is 0.0959 e. The van der Waals surface area contributed by atoms with E-state index in [9.17, 15) is 0 Å². The Morgan fingerprint density at radius 3 is 3.00 bits per heavy atom. The van der Waals surface area contributed by atoms with E-state index in [-0.39, 0.29) is 0 Å². The Bertz CT molecular complexity index is 295. The molecule has 1 fully saturated rings. The van der Waals surface area contributed by atoms with E-state index in [1.165, 1.54) is 35.6 Å². The van der Waals surface area contributed by atoms with Gasteiger partial charge in [-0.1, -0.05) is 13.3 Å². The molecular formula is C11H18N2S. The molecule has 0 radical (unpaired) electrons. The number of rotatable bonds is 3. The Morgan fingerprint density at radius 2 is 2.43 bits per heavy atom. The fourth-order valence-electron chi connectivity index (χ4n) is 2.28. The Kier molecular flexibility index (Phi) is 3.19. The van der Waals surface area contributed by atoms with E-state index in [0.717, 1.165) is 11.8 Å². The van der Waals surface area contributed by atoms with E-state index in [1.807, 2.05) is 6.20 Å². The lowest BCUT2D eigenvalue weighted by Gasteiger charge is -2.05. The largest absolute Gasteiger partial charge is 0.326 e. The molecule has 1 aromatic heterocycles. The summed E-state index contributed by atoms with van der Waals surface area (Å²) < 4.78 is 0. The number of hydrogen-bond donors (Lipinski definition) is 1. The van der Waals surface area contributed by atoms with Crippen molar-refractivity contribution >= 4 is 11.3 Å². The Morgan fingerprint density at radius 1 is 1.57 bits per heavy atom. The number of hydrogen-bond acceptors (Lipinski definition) is 3. The van der Waals surface area contributed by atoms with E-state index < -0.39 is 0 Å². The summed E-state index contributed by atoms with van der Waals surface area (Å²) in [7, 11) is 0. The zero-order valence-corrected chi connectivity index (χ0v) is 9.52. The Balaban J connectivity index is 2.02. The minimum Gasteiger partial charge on any atom is -0.326 e. The average Bonchev–Trinajstić information content (AvgIpc) is 2.86. The Labute approximate surface area is 89.5 Å². The van der Waals surface area contributed by atoms with Gasteiger partial charge in [-0.2, -0.15) is 0 Å². The third-order valence-corrected chi connectivity index (χ3v) is 4.42. The molecule has 0 aromatic carbocycles. The first-order valence-electron chi connectivity index (χ1n) is 5.48. The van der Waals surface area contributed by atoms with Crippen LogP contribution >= 0.6 is 11.3 Å². The predicted molar refractivity (Wildman–Crippen MR) is 60.4 cm³/mol. The number of thiazole rings is 1. The molecule has 2 rings (SSSR count). The molecular weight excluding hydrogens is 192 g/mol. The quantitative estimate of drug-likeness (QED) is 0.833. The highest BCUT2D eigenvalue weighted by atomic mass is 32.1. The minimum atomic E-state index is 0.640. The van der Waals surface area contributed by atoms with E-state index in [0.29, 0.717) is 6.54 Å². The first kappa shape index (κ1) is 10.1. The highest BCUT2D eigenvalue weighted by Crippen LogP contribution is 2.40. The van der Waals surface area contributed by atoms with Crippen molar-refractivity contribution in [3.8, 4) is 0 Å². The molecule has 2 nitrogen and oxygen atoms in total. The summed E-state index contributed by atoms with van der Waals surface area (Å²) in [5, 5.41) is 1.32. The molecule has 78 valence electrons. The van der Waals surface area contributed by atoms with Crippen LogP contribution in [0.5, 0.6) is 0 Å². The van der Waals surface area contributed by atoms with Gasteiger partial charge < -0.3 is 5.73 Å². The van der Waals surface area contributed by atoms with Crippen LogP contribution in [0.1, 0.15) is 48.4 Å². The first-order chi connectivity index (χ1) is 6.83. The summed E-state index contributed by atoms with van der Waals surface area (Å²) in [5.74, 6) is 1.66. The van der Waals surface area contributed by atoms with Crippen molar-refractivity contribution in [1.29, 1.82) is 0 Å². The highest BCUT2D eigenvalue weighted by Gasteiger charge is 2.26. The van der Waals surface area contributed by atoms with Crippen LogP contribution in [0.15, 0.2) is 6.20 Å². The van der Waals surface area contributed by atoms with Crippen molar-refractivity contribution in [1.82, 2.24) is 4.98 Å². The van der Waals surface area contributed by atoms with Crippen molar-refractivity contribution in [3.05, 3.63) is 16.1 Å². The maximum atomic E-state index is 5.59. The SMILES string of the molecule is CCC1CCC(c2ncc(CN)s2)C1. The first-order valence-corrected chi connectivity index (χ1v) is 6.29. The van der Waals surface area contributed by atoms with Crippen LogP contribution in [0, 0.1) is 5.92 Å². The van der Waals surface area contributed by atoms with Gasteiger partial charge in [0.1, 0.15) is 0 Å². The maximum absolute atomic E-state index is 5.59. The second-order valence-corrected chi connectivity index (χ2v) is 5.30. The second-order valence-electron chi connectivity index (χ2n) is 4.15. The van der Waals surface area contributed by atoms with Gasteiger partial charge in [0.05, 0.1) is 5.01 Å².